The van der Waals surface area contributed by atoms with Gasteiger partial charge in [-0.3, -0.25) is 4.79 Å². The number of hydrogen-bond donors (Lipinski definition) is 2. The van der Waals surface area contributed by atoms with Gasteiger partial charge in [0.25, 0.3) is 5.91 Å². The highest BCUT2D eigenvalue weighted by Crippen LogP contribution is 2.24. The van der Waals surface area contributed by atoms with Crippen LogP contribution in [0.4, 0.5) is 0 Å². The van der Waals surface area contributed by atoms with Crippen LogP contribution in [0.5, 0.6) is 5.75 Å². The molecule has 1 atom stereocenters. The summed E-state index contributed by atoms with van der Waals surface area (Å²) in [6.45, 7) is 8.15. The van der Waals surface area contributed by atoms with Gasteiger partial charge in [-0.2, -0.15) is 0 Å². The van der Waals surface area contributed by atoms with E-state index in [1.807, 2.05) is 19.1 Å². The van der Waals surface area contributed by atoms with Crippen LogP contribution in [0.2, 0.25) is 5.02 Å². The molecule has 0 saturated heterocycles. The predicted molar refractivity (Wildman–Crippen MR) is 86.8 cm³/mol. The van der Waals surface area contributed by atoms with Crippen molar-refractivity contribution in [2.75, 3.05) is 13.1 Å². The molecule has 0 aliphatic rings. The van der Waals surface area contributed by atoms with Crippen molar-refractivity contribution in [2.24, 2.45) is 0 Å². The topological polar surface area (TPSA) is 50.4 Å². The normalized spacial score (nSPS) is 12.0. The summed E-state index contributed by atoms with van der Waals surface area (Å²) < 4.78 is 5.78. The number of hydrogen-bond acceptors (Lipinski definition) is 3. The van der Waals surface area contributed by atoms with Crippen molar-refractivity contribution in [3.63, 3.8) is 0 Å². The second kappa shape index (κ2) is 9.64. The molecule has 21 heavy (non-hydrogen) atoms. The maximum atomic E-state index is 11.9. The first-order chi connectivity index (χ1) is 10.1. The van der Waals surface area contributed by atoms with Crippen molar-refractivity contribution in [2.45, 2.75) is 46.3 Å². The number of ether oxygens (including phenoxy) is 1. The van der Waals surface area contributed by atoms with Gasteiger partial charge in [0.1, 0.15) is 5.75 Å². The van der Waals surface area contributed by atoms with Gasteiger partial charge in [0.05, 0.1) is 0 Å². The minimum atomic E-state index is -0.525. The molecule has 4 nitrogen and oxygen atoms in total. The van der Waals surface area contributed by atoms with E-state index in [0.29, 0.717) is 23.9 Å². The van der Waals surface area contributed by atoms with Crippen LogP contribution in [0, 0.1) is 0 Å². The molecule has 5 heteroatoms. The monoisotopic (exact) mass is 312 g/mol. The Morgan fingerprint density at radius 3 is 2.67 bits per heavy atom. The first-order valence-corrected chi connectivity index (χ1v) is 7.89. The minimum absolute atomic E-state index is 0.0979. The molecule has 1 rings (SSSR count). The van der Waals surface area contributed by atoms with E-state index >= 15 is 0 Å². The largest absolute Gasteiger partial charge is 0.481 e. The van der Waals surface area contributed by atoms with Crippen molar-refractivity contribution >= 4 is 17.5 Å². The lowest BCUT2D eigenvalue weighted by molar-refractivity contribution is -0.127. The number of nitrogens with one attached hydrogen (secondary N) is 2. The second-order valence-electron chi connectivity index (χ2n) is 4.98. The molecule has 1 aromatic carbocycles. The molecular formula is C16H25ClN2O2. The van der Waals surface area contributed by atoms with E-state index in [4.69, 9.17) is 16.3 Å². The van der Waals surface area contributed by atoms with Gasteiger partial charge in [0, 0.05) is 23.7 Å². The first kappa shape index (κ1) is 17.8. The molecule has 0 bridgehead atoms. The number of amides is 1. The molecule has 0 aliphatic carbocycles. The molecule has 0 fully saturated rings. The molecule has 0 saturated carbocycles. The Balaban J connectivity index is 2.70. The number of benzene rings is 1. The summed E-state index contributed by atoms with van der Waals surface area (Å²) in [6.07, 6.45) is 1.45. The zero-order valence-corrected chi connectivity index (χ0v) is 13.8. The summed E-state index contributed by atoms with van der Waals surface area (Å²) in [5.41, 5.74) is 0.964. The van der Waals surface area contributed by atoms with Crippen LogP contribution < -0.4 is 15.4 Å². The molecule has 1 unspecified atom stereocenters. The van der Waals surface area contributed by atoms with Crippen molar-refractivity contribution in [1.29, 1.82) is 0 Å². The molecule has 2 N–H and O–H groups in total. The third-order valence-electron chi connectivity index (χ3n) is 2.99. The molecule has 1 amide bonds. The lowest BCUT2D eigenvalue weighted by Crippen LogP contribution is -2.36. The van der Waals surface area contributed by atoms with Crippen molar-refractivity contribution in [3.05, 3.63) is 28.8 Å². The number of halogens is 1. The molecule has 0 spiro atoms. The molecule has 118 valence electrons. The van der Waals surface area contributed by atoms with Crippen LogP contribution in [0.1, 0.15) is 39.2 Å². The Bertz CT molecular complexity index is 452. The van der Waals surface area contributed by atoms with Crippen LogP contribution in [-0.4, -0.2) is 25.1 Å². The van der Waals surface area contributed by atoms with Gasteiger partial charge in [-0.25, -0.2) is 0 Å². The van der Waals surface area contributed by atoms with E-state index in [-0.39, 0.29) is 5.91 Å². The van der Waals surface area contributed by atoms with Crippen LogP contribution in [-0.2, 0) is 11.3 Å². The standard InChI is InChI=1S/C16H25ClN2O2/c1-4-8-18-11-13-10-14(17)6-7-15(13)21-12(3)16(20)19-9-5-2/h6-7,10,12,18H,4-5,8-9,11H2,1-3H3,(H,19,20). The minimum Gasteiger partial charge on any atom is -0.481 e. The van der Waals surface area contributed by atoms with Gasteiger partial charge in [-0.05, 0) is 44.5 Å². The fourth-order valence-corrected chi connectivity index (χ4v) is 2.03. The van der Waals surface area contributed by atoms with Gasteiger partial charge in [-0.1, -0.05) is 25.4 Å². The summed E-state index contributed by atoms with van der Waals surface area (Å²) in [5.74, 6) is 0.599. The van der Waals surface area contributed by atoms with Gasteiger partial charge in [0.2, 0.25) is 0 Å². The number of carbonyl (C=O) groups excluding carboxylic acids is 1. The van der Waals surface area contributed by atoms with Gasteiger partial charge < -0.3 is 15.4 Å². The van der Waals surface area contributed by atoms with Crippen LogP contribution in [0.3, 0.4) is 0 Å². The molecule has 0 aliphatic heterocycles. The lowest BCUT2D eigenvalue weighted by atomic mass is 10.2. The van der Waals surface area contributed by atoms with E-state index in [2.05, 4.69) is 17.6 Å². The average Bonchev–Trinajstić information content (AvgIpc) is 2.47. The average molecular weight is 313 g/mol. The highest BCUT2D eigenvalue weighted by molar-refractivity contribution is 6.30. The van der Waals surface area contributed by atoms with Crippen molar-refractivity contribution < 1.29 is 9.53 Å². The van der Waals surface area contributed by atoms with Crippen LogP contribution >= 0.6 is 11.6 Å². The molecule has 0 heterocycles. The summed E-state index contributed by atoms with van der Waals surface area (Å²) in [6, 6.07) is 5.46. The van der Waals surface area contributed by atoms with Crippen molar-refractivity contribution in [1.82, 2.24) is 10.6 Å². The lowest BCUT2D eigenvalue weighted by Gasteiger charge is -2.17. The Labute approximate surface area is 132 Å². The van der Waals surface area contributed by atoms with Gasteiger partial charge in [0.15, 0.2) is 6.10 Å². The first-order valence-electron chi connectivity index (χ1n) is 7.52. The van der Waals surface area contributed by atoms with E-state index < -0.39 is 6.10 Å². The third-order valence-corrected chi connectivity index (χ3v) is 3.22. The quantitative estimate of drug-likeness (QED) is 0.689. The number of carbonyl (C=O) groups is 1. The van der Waals surface area contributed by atoms with Crippen LogP contribution in [0.15, 0.2) is 18.2 Å². The Morgan fingerprint density at radius 1 is 1.29 bits per heavy atom. The molecule has 1 aromatic rings. The fraction of sp³-hybridized carbons (Fsp3) is 0.562. The molecule has 0 aromatic heterocycles. The van der Waals surface area contributed by atoms with E-state index in [1.54, 1.807) is 13.0 Å². The SMILES string of the molecule is CCCNCc1cc(Cl)ccc1OC(C)C(=O)NCCC. The van der Waals surface area contributed by atoms with E-state index in [0.717, 1.165) is 24.9 Å². The highest BCUT2D eigenvalue weighted by atomic mass is 35.5. The van der Waals surface area contributed by atoms with Gasteiger partial charge >= 0.3 is 0 Å². The smallest absolute Gasteiger partial charge is 0.260 e. The maximum Gasteiger partial charge on any atom is 0.260 e. The fourth-order valence-electron chi connectivity index (χ4n) is 1.84. The van der Waals surface area contributed by atoms with E-state index in [1.165, 1.54) is 0 Å². The summed E-state index contributed by atoms with van der Waals surface area (Å²) in [7, 11) is 0. The molecule has 0 radical (unpaired) electrons. The highest BCUT2D eigenvalue weighted by Gasteiger charge is 2.15. The number of rotatable bonds is 9. The summed E-state index contributed by atoms with van der Waals surface area (Å²) in [5, 5.41) is 6.81. The van der Waals surface area contributed by atoms with Crippen molar-refractivity contribution in [3.8, 4) is 5.75 Å². The summed E-state index contributed by atoms with van der Waals surface area (Å²) in [4.78, 5) is 11.9. The third kappa shape index (κ3) is 6.36. The van der Waals surface area contributed by atoms with Gasteiger partial charge in [-0.15, -0.1) is 0 Å². The zero-order valence-electron chi connectivity index (χ0n) is 13.0. The zero-order chi connectivity index (χ0) is 15.7. The maximum absolute atomic E-state index is 11.9. The van der Waals surface area contributed by atoms with Crippen LogP contribution in [0.25, 0.3) is 0 Å². The van der Waals surface area contributed by atoms with E-state index in [9.17, 15) is 4.79 Å². The second-order valence-corrected chi connectivity index (χ2v) is 5.42. The molecular weight excluding hydrogens is 288 g/mol. The predicted octanol–water partition coefficient (Wildman–Crippen LogP) is 3.13. The Hall–Kier alpha value is -1.26. The Kier molecular flexibility index (Phi) is 8.16. The Morgan fingerprint density at radius 2 is 2.00 bits per heavy atom. The summed E-state index contributed by atoms with van der Waals surface area (Å²) >= 11 is 6.03.